The van der Waals surface area contributed by atoms with Crippen molar-refractivity contribution in [2.75, 3.05) is 46.0 Å². The minimum absolute atomic E-state index is 0.200. The number of aromatic nitrogens is 2. The summed E-state index contributed by atoms with van der Waals surface area (Å²) in [6, 6.07) is 5.74. The first-order valence-electron chi connectivity index (χ1n) is 11.4. The van der Waals surface area contributed by atoms with Gasteiger partial charge in [0.15, 0.2) is 0 Å². The topological polar surface area (TPSA) is 70.7 Å². The molecule has 2 fully saturated rings. The summed E-state index contributed by atoms with van der Waals surface area (Å²) in [6.07, 6.45) is 4.39. The van der Waals surface area contributed by atoms with E-state index in [-0.39, 0.29) is 11.3 Å². The summed E-state index contributed by atoms with van der Waals surface area (Å²) in [4.78, 5) is 17.6. The number of amides is 1. The van der Waals surface area contributed by atoms with Gasteiger partial charge in [0, 0.05) is 54.3 Å². The predicted molar refractivity (Wildman–Crippen MR) is 124 cm³/mol. The summed E-state index contributed by atoms with van der Waals surface area (Å²) in [6.45, 7) is 9.76. The van der Waals surface area contributed by atoms with Crippen LogP contribution in [-0.4, -0.2) is 71.9 Å². The second-order valence-electron chi connectivity index (χ2n) is 9.20. The number of aromatic amines is 1. The van der Waals surface area contributed by atoms with Crippen LogP contribution >= 0.6 is 11.6 Å². The molecule has 1 N–H and O–H groups in total. The third-order valence-electron chi connectivity index (χ3n) is 6.63. The van der Waals surface area contributed by atoms with E-state index in [2.05, 4.69) is 15.1 Å². The van der Waals surface area contributed by atoms with Crippen molar-refractivity contribution in [1.82, 2.24) is 20.0 Å². The Bertz CT molecular complexity index is 928. The van der Waals surface area contributed by atoms with Crippen LogP contribution in [0, 0.1) is 19.3 Å². The summed E-state index contributed by atoms with van der Waals surface area (Å²) in [5.41, 5.74) is 3.05. The molecule has 0 aliphatic carbocycles. The van der Waals surface area contributed by atoms with Crippen LogP contribution in [0.2, 0.25) is 5.02 Å². The molecule has 0 radical (unpaired) electrons. The summed E-state index contributed by atoms with van der Waals surface area (Å²) < 4.78 is 11.7. The SMILES string of the molecule is Cc1cc(OC[C@]2(CC(=O)N3CCOCC3)CCCN(Cc3cn[nH]c3C)C2)ccc1Cl. The van der Waals surface area contributed by atoms with E-state index < -0.39 is 0 Å². The summed E-state index contributed by atoms with van der Waals surface area (Å²) >= 11 is 6.18. The minimum atomic E-state index is -0.237. The van der Waals surface area contributed by atoms with E-state index in [1.807, 2.05) is 43.1 Å². The summed E-state index contributed by atoms with van der Waals surface area (Å²) in [7, 11) is 0. The van der Waals surface area contributed by atoms with Crippen LogP contribution in [0.25, 0.3) is 0 Å². The van der Waals surface area contributed by atoms with Crippen LogP contribution in [0.15, 0.2) is 24.4 Å². The van der Waals surface area contributed by atoms with Crippen LogP contribution < -0.4 is 4.74 Å². The zero-order chi connectivity index (χ0) is 22.6. The fraction of sp³-hybridized carbons (Fsp3) is 0.583. The van der Waals surface area contributed by atoms with Crippen LogP contribution in [0.5, 0.6) is 5.75 Å². The fourth-order valence-corrected chi connectivity index (χ4v) is 4.84. The van der Waals surface area contributed by atoms with Gasteiger partial charge in [0.25, 0.3) is 0 Å². The van der Waals surface area contributed by atoms with Gasteiger partial charge in [-0.25, -0.2) is 0 Å². The molecule has 2 aliphatic rings. The number of carbonyl (C=O) groups is 1. The highest BCUT2D eigenvalue weighted by Crippen LogP contribution is 2.36. The first kappa shape index (κ1) is 23.1. The summed E-state index contributed by atoms with van der Waals surface area (Å²) in [5, 5.41) is 7.92. The van der Waals surface area contributed by atoms with Crippen molar-refractivity contribution in [3.05, 3.63) is 46.2 Å². The van der Waals surface area contributed by atoms with Gasteiger partial charge in [0.05, 0.1) is 26.0 Å². The highest BCUT2D eigenvalue weighted by Gasteiger charge is 2.40. The van der Waals surface area contributed by atoms with E-state index in [4.69, 9.17) is 21.1 Å². The lowest BCUT2D eigenvalue weighted by molar-refractivity contribution is -0.139. The largest absolute Gasteiger partial charge is 0.493 e. The average molecular weight is 461 g/mol. The van der Waals surface area contributed by atoms with Gasteiger partial charge >= 0.3 is 0 Å². The molecule has 174 valence electrons. The molecule has 1 aromatic heterocycles. The number of rotatable bonds is 7. The third kappa shape index (κ3) is 5.63. The molecule has 1 amide bonds. The number of likely N-dealkylation sites (tertiary alicyclic amines) is 1. The van der Waals surface area contributed by atoms with Crippen LogP contribution in [-0.2, 0) is 16.1 Å². The standard InChI is InChI=1S/C24H33ClN4O3/c1-18-12-21(4-5-22(18)25)32-17-24(13-23(30)29-8-10-31-11-9-29)6-3-7-28(16-24)15-20-14-26-27-19(20)2/h4-5,12,14H,3,6-11,13,15-17H2,1-2H3,(H,26,27)/t24-/m0/s1. The van der Waals surface area contributed by atoms with E-state index in [9.17, 15) is 4.79 Å². The molecular weight excluding hydrogens is 428 g/mol. The molecule has 0 unspecified atom stereocenters. The molecule has 2 saturated heterocycles. The van der Waals surface area contributed by atoms with Gasteiger partial charge < -0.3 is 14.4 Å². The number of carbonyl (C=O) groups excluding carboxylic acids is 1. The lowest BCUT2D eigenvalue weighted by atomic mass is 9.77. The number of piperidine rings is 1. The quantitative estimate of drug-likeness (QED) is 0.683. The molecule has 0 spiro atoms. The first-order chi connectivity index (χ1) is 15.4. The highest BCUT2D eigenvalue weighted by molar-refractivity contribution is 6.31. The van der Waals surface area contributed by atoms with Crippen LogP contribution in [0.1, 0.15) is 36.1 Å². The van der Waals surface area contributed by atoms with Gasteiger partial charge in [-0.3, -0.25) is 14.8 Å². The van der Waals surface area contributed by atoms with Crippen molar-refractivity contribution < 1.29 is 14.3 Å². The number of aryl methyl sites for hydroxylation is 2. The Morgan fingerprint density at radius 2 is 2.09 bits per heavy atom. The monoisotopic (exact) mass is 460 g/mol. The average Bonchev–Trinajstić information content (AvgIpc) is 3.19. The van der Waals surface area contributed by atoms with Gasteiger partial charge in [0.2, 0.25) is 5.91 Å². The Hall–Kier alpha value is -2.09. The van der Waals surface area contributed by atoms with Crippen molar-refractivity contribution in [3.63, 3.8) is 0 Å². The smallest absolute Gasteiger partial charge is 0.223 e. The predicted octanol–water partition coefficient (Wildman–Crippen LogP) is 3.59. The lowest BCUT2D eigenvalue weighted by Crippen LogP contribution is -2.50. The molecule has 2 aliphatic heterocycles. The van der Waals surface area contributed by atoms with E-state index in [0.717, 1.165) is 54.5 Å². The van der Waals surface area contributed by atoms with Crippen molar-refractivity contribution in [3.8, 4) is 5.75 Å². The molecule has 1 aromatic carbocycles. The van der Waals surface area contributed by atoms with Gasteiger partial charge in [-0.2, -0.15) is 5.10 Å². The zero-order valence-corrected chi connectivity index (χ0v) is 19.8. The normalized spacial score (nSPS) is 22.2. The minimum Gasteiger partial charge on any atom is -0.493 e. The molecule has 4 rings (SSSR count). The van der Waals surface area contributed by atoms with E-state index >= 15 is 0 Å². The number of ether oxygens (including phenoxy) is 2. The van der Waals surface area contributed by atoms with Gasteiger partial charge in [-0.15, -0.1) is 0 Å². The highest BCUT2D eigenvalue weighted by atomic mass is 35.5. The zero-order valence-electron chi connectivity index (χ0n) is 19.0. The molecular formula is C24H33ClN4O3. The molecule has 1 atom stereocenters. The van der Waals surface area contributed by atoms with Crippen LogP contribution in [0.3, 0.4) is 0 Å². The number of benzene rings is 1. The Balaban J connectivity index is 1.50. The Labute approximate surface area is 195 Å². The number of halogens is 1. The Kier molecular flexibility index (Phi) is 7.38. The number of hydrogen-bond acceptors (Lipinski definition) is 5. The number of H-pyrrole nitrogens is 1. The van der Waals surface area contributed by atoms with Crippen molar-refractivity contribution in [2.24, 2.45) is 5.41 Å². The number of nitrogens with one attached hydrogen (secondary N) is 1. The molecule has 0 bridgehead atoms. The van der Waals surface area contributed by atoms with Gasteiger partial charge in [-0.05, 0) is 57.0 Å². The maximum absolute atomic E-state index is 13.2. The van der Waals surface area contributed by atoms with E-state index in [1.165, 1.54) is 5.56 Å². The number of morpholine rings is 1. The molecule has 32 heavy (non-hydrogen) atoms. The van der Waals surface area contributed by atoms with Crippen LogP contribution in [0.4, 0.5) is 0 Å². The molecule has 0 saturated carbocycles. The Morgan fingerprint density at radius 3 is 2.81 bits per heavy atom. The molecule has 3 heterocycles. The molecule has 8 heteroatoms. The maximum atomic E-state index is 13.2. The maximum Gasteiger partial charge on any atom is 0.223 e. The first-order valence-corrected chi connectivity index (χ1v) is 11.8. The molecule has 7 nitrogen and oxygen atoms in total. The fourth-order valence-electron chi connectivity index (χ4n) is 4.72. The number of nitrogens with zero attached hydrogens (tertiary/aromatic N) is 3. The Morgan fingerprint density at radius 1 is 1.28 bits per heavy atom. The van der Waals surface area contributed by atoms with Crippen molar-refractivity contribution in [2.45, 2.75) is 39.7 Å². The van der Waals surface area contributed by atoms with Gasteiger partial charge in [-0.1, -0.05) is 11.6 Å². The second-order valence-corrected chi connectivity index (χ2v) is 9.61. The molecule has 2 aromatic rings. The van der Waals surface area contributed by atoms with E-state index in [0.29, 0.717) is 39.3 Å². The second kappa shape index (κ2) is 10.2. The lowest BCUT2D eigenvalue weighted by Gasteiger charge is -2.43. The number of hydrogen-bond donors (Lipinski definition) is 1. The van der Waals surface area contributed by atoms with Gasteiger partial charge in [0.1, 0.15) is 5.75 Å². The van der Waals surface area contributed by atoms with Crippen molar-refractivity contribution in [1.29, 1.82) is 0 Å². The van der Waals surface area contributed by atoms with E-state index in [1.54, 1.807) is 0 Å². The van der Waals surface area contributed by atoms with Crippen molar-refractivity contribution >= 4 is 17.5 Å². The summed E-state index contributed by atoms with van der Waals surface area (Å²) in [5.74, 6) is 0.999. The third-order valence-corrected chi connectivity index (χ3v) is 7.06.